The summed E-state index contributed by atoms with van der Waals surface area (Å²) >= 11 is 0. The average molecular weight is 286 g/mol. The van der Waals surface area contributed by atoms with Crippen molar-refractivity contribution in [2.75, 3.05) is 24.5 Å². The second kappa shape index (κ2) is 6.00. The van der Waals surface area contributed by atoms with Crippen LogP contribution in [-0.2, 0) is 6.42 Å². The Morgan fingerprint density at radius 2 is 2.10 bits per heavy atom. The zero-order valence-corrected chi connectivity index (χ0v) is 13.9. The maximum atomic E-state index is 3.80. The van der Waals surface area contributed by atoms with Crippen LogP contribution < -0.4 is 10.2 Å². The number of anilines is 1. The first-order chi connectivity index (χ1) is 10.1. The highest BCUT2D eigenvalue weighted by Crippen LogP contribution is 2.40. The van der Waals surface area contributed by atoms with Crippen LogP contribution >= 0.6 is 0 Å². The fourth-order valence-electron chi connectivity index (χ4n) is 4.52. The molecule has 2 aliphatic rings. The van der Waals surface area contributed by atoms with Crippen molar-refractivity contribution in [3.8, 4) is 0 Å². The molecule has 0 amide bonds. The van der Waals surface area contributed by atoms with E-state index in [9.17, 15) is 0 Å². The lowest BCUT2D eigenvalue weighted by molar-refractivity contribution is 0.113. The SMILES string of the molecule is CCNC1C(CN2CCc3ccccc32)CCCC1(C)C. The summed E-state index contributed by atoms with van der Waals surface area (Å²) in [6.45, 7) is 10.6. The summed E-state index contributed by atoms with van der Waals surface area (Å²) in [4.78, 5) is 2.63. The van der Waals surface area contributed by atoms with Gasteiger partial charge >= 0.3 is 0 Å². The van der Waals surface area contributed by atoms with Crippen LogP contribution in [0.1, 0.15) is 45.6 Å². The van der Waals surface area contributed by atoms with Crippen molar-refractivity contribution < 1.29 is 0 Å². The van der Waals surface area contributed by atoms with Crippen molar-refractivity contribution in [3.05, 3.63) is 29.8 Å². The molecule has 1 aliphatic carbocycles. The van der Waals surface area contributed by atoms with E-state index in [0.29, 0.717) is 11.5 Å². The minimum absolute atomic E-state index is 0.429. The smallest absolute Gasteiger partial charge is 0.0399 e. The molecular weight excluding hydrogens is 256 g/mol. The Labute approximate surface area is 129 Å². The molecule has 0 radical (unpaired) electrons. The topological polar surface area (TPSA) is 15.3 Å². The molecule has 1 aromatic rings. The predicted molar refractivity (Wildman–Crippen MR) is 90.9 cm³/mol. The highest BCUT2D eigenvalue weighted by Gasteiger charge is 2.39. The van der Waals surface area contributed by atoms with E-state index in [2.05, 4.69) is 55.3 Å². The summed E-state index contributed by atoms with van der Waals surface area (Å²) in [6, 6.07) is 9.61. The number of benzene rings is 1. The Bertz CT molecular complexity index is 480. The van der Waals surface area contributed by atoms with Gasteiger partial charge in [0.2, 0.25) is 0 Å². The number of nitrogens with zero attached hydrogens (tertiary/aromatic N) is 1. The van der Waals surface area contributed by atoms with E-state index in [0.717, 1.165) is 12.5 Å². The Morgan fingerprint density at radius 3 is 2.90 bits per heavy atom. The molecule has 2 atom stereocenters. The molecule has 1 saturated carbocycles. The van der Waals surface area contributed by atoms with Gasteiger partial charge in [-0.2, -0.15) is 0 Å². The number of nitrogens with one attached hydrogen (secondary N) is 1. The van der Waals surface area contributed by atoms with Crippen LogP contribution in [0.5, 0.6) is 0 Å². The van der Waals surface area contributed by atoms with Gasteiger partial charge in [0, 0.05) is 24.8 Å². The molecule has 1 aromatic carbocycles. The number of rotatable bonds is 4. The molecule has 1 N–H and O–H groups in total. The molecule has 1 fully saturated rings. The summed E-state index contributed by atoms with van der Waals surface area (Å²) in [5.74, 6) is 0.778. The molecular formula is C19H30N2. The first kappa shape index (κ1) is 14.9. The molecule has 0 spiro atoms. The summed E-state index contributed by atoms with van der Waals surface area (Å²) in [5.41, 5.74) is 3.45. The fraction of sp³-hybridized carbons (Fsp3) is 0.684. The van der Waals surface area contributed by atoms with Crippen molar-refractivity contribution in [1.29, 1.82) is 0 Å². The number of para-hydroxylation sites is 1. The first-order valence-corrected chi connectivity index (χ1v) is 8.68. The Hall–Kier alpha value is -1.02. The van der Waals surface area contributed by atoms with E-state index in [1.807, 2.05) is 0 Å². The first-order valence-electron chi connectivity index (χ1n) is 8.68. The quantitative estimate of drug-likeness (QED) is 0.904. The van der Waals surface area contributed by atoms with Gasteiger partial charge < -0.3 is 10.2 Å². The number of hydrogen-bond donors (Lipinski definition) is 1. The van der Waals surface area contributed by atoms with Crippen molar-refractivity contribution in [1.82, 2.24) is 5.32 Å². The maximum absolute atomic E-state index is 3.80. The van der Waals surface area contributed by atoms with Gasteiger partial charge in [0.25, 0.3) is 0 Å². The summed E-state index contributed by atoms with van der Waals surface area (Å²) in [6.07, 6.45) is 5.34. The number of fused-ring (bicyclic) bond motifs is 1. The van der Waals surface area contributed by atoms with Gasteiger partial charge in [-0.25, -0.2) is 0 Å². The van der Waals surface area contributed by atoms with Crippen LogP contribution in [0, 0.1) is 11.3 Å². The molecule has 0 saturated heterocycles. The van der Waals surface area contributed by atoms with Gasteiger partial charge in [-0.05, 0) is 48.8 Å². The predicted octanol–water partition coefficient (Wildman–Crippen LogP) is 3.85. The molecule has 1 heterocycles. The molecule has 0 bridgehead atoms. The van der Waals surface area contributed by atoms with Crippen molar-refractivity contribution in [2.24, 2.45) is 11.3 Å². The van der Waals surface area contributed by atoms with Gasteiger partial charge in [0.1, 0.15) is 0 Å². The second-order valence-electron chi connectivity index (χ2n) is 7.50. The highest BCUT2D eigenvalue weighted by atomic mass is 15.2. The van der Waals surface area contributed by atoms with Crippen LogP contribution in [-0.4, -0.2) is 25.7 Å². The van der Waals surface area contributed by atoms with E-state index in [4.69, 9.17) is 0 Å². The third-order valence-electron chi connectivity index (χ3n) is 5.57. The Kier molecular flexibility index (Phi) is 4.26. The van der Waals surface area contributed by atoms with E-state index < -0.39 is 0 Å². The zero-order valence-electron chi connectivity index (χ0n) is 13.9. The third kappa shape index (κ3) is 2.96. The van der Waals surface area contributed by atoms with Crippen LogP contribution in [0.4, 0.5) is 5.69 Å². The summed E-state index contributed by atoms with van der Waals surface area (Å²) in [7, 11) is 0. The van der Waals surface area contributed by atoms with E-state index in [1.165, 1.54) is 50.0 Å². The fourth-order valence-corrected chi connectivity index (χ4v) is 4.52. The third-order valence-corrected chi connectivity index (χ3v) is 5.57. The standard InChI is InChI=1S/C19H30N2/c1-4-20-18-16(9-7-12-19(18,2)3)14-21-13-11-15-8-5-6-10-17(15)21/h5-6,8,10,16,18,20H,4,7,9,11-14H2,1-3H3. The van der Waals surface area contributed by atoms with Gasteiger partial charge in [0.15, 0.2) is 0 Å². The maximum Gasteiger partial charge on any atom is 0.0399 e. The average Bonchev–Trinajstić information content (AvgIpc) is 2.86. The molecule has 0 aromatic heterocycles. The normalized spacial score (nSPS) is 27.7. The Balaban J connectivity index is 1.74. The van der Waals surface area contributed by atoms with E-state index in [1.54, 1.807) is 0 Å². The van der Waals surface area contributed by atoms with Crippen molar-refractivity contribution in [2.45, 2.75) is 52.5 Å². The highest BCUT2D eigenvalue weighted by molar-refractivity contribution is 5.57. The molecule has 2 unspecified atom stereocenters. The minimum atomic E-state index is 0.429. The van der Waals surface area contributed by atoms with Gasteiger partial charge in [-0.15, -0.1) is 0 Å². The van der Waals surface area contributed by atoms with Crippen molar-refractivity contribution >= 4 is 5.69 Å². The van der Waals surface area contributed by atoms with Gasteiger partial charge in [-0.1, -0.05) is 45.4 Å². The molecule has 116 valence electrons. The molecule has 2 nitrogen and oxygen atoms in total. The van der Waals surface area contributed by atoms with Crippen molar-refractivity contribution in [3.63, 3.8) is 0 Å². The lowest BCUT2D eigenvalue weighted by atomic mass is 9.67. The van der Waals surface area contributed by atoms with Crippen LogP contribution in [0.3, 0.4) is 0 Å². The minimum Gasteiger partial charge on any atom is -0.371 e. The zero-order chi connectivity index (χ0) is 14.9. The second-order valence-corrected chi connectivity index (χ2v) is 7.50. The van der Waals surface area contributed by atoms with Crippen LogP contribution in [0.15, 0.2) is 24.3 Å². The van der Waals surface area contributed by atoms with Crippen LogP contribution in [0.25, 0.3) is 0 Å². The lowest BCUT2D eigenvalue weighted by Gasteiger charge is -2.46. The molecule has 21 heavy (non-hydrogen) atoms. The molecule has 1 aliphatic heterocycles. The van der Waals surface area contributed by atoms with Gasteiger partial charge in [0.05, 0.1) is 0 Å². The van der Waals surface area contributed by atoms with Gasteiger partial charge in [-0.3, -0.25) is 0 Å². The summed E-state index contributed by atoms with van der Waals surface area (Å²) in [5, 5.41) is 3.80. The largest absolute Gasteiger partial charge is 0.371 e. The number of hydrogen-bond acceptors (Lipinski definition) is 2. The molecule has 3 rings (SSSR count). The van der Waals surface area contributed by atoms with Crippen LogP contribution in [0.2, 0.25) is 0 Å². The Morgan fingerprint density at radius 1 is 1.29 bits per heavy atom. The van der Waals surface area contributed by atoms with E-state index >= 15 is 0 Å². The lowest BCUT2D eigenvalue weighted by Crippen LogP contribution is -2.52. The summed E-state index contributed by atoms with van der Waals surface area (Å²) < 4.78 is 0. The molecule has 2 heteroatoms. The monoisotopic (exact) mass is 286 g/mol. The van der Waals surface area contributed by atoms with E-state index in [-0.39, 0.29) is 0 Å².